The third-order valence-electron chi connectivity index (χ3n) is 5.09. The lowest BCUT2D eigenvalue weighted by molar-refractivity contribution is 0.0598. The van der Waals surface area contributed by atoms with Gasteiger partial charge in [0.05, 0.1) is 15.5 Å². The number of halogens is 1. The Morgan fingerprint density at radius 2 is 2.00 bits per heavy atom. The lowest BCUT2D eigenvalue weighted by atomic mass is 9.87. The number of nitrogens with zero attached hydrogens (tertiary/aromatic N) is 5. The van der Waals surface area contributed by atoms with Crippen molar-refractivity contribution in [3.8, 4) is 0 Å². The highest BCUT2D eigenvalue weighted by atomic mass is 127. The molecule has 0 atom stereocenters. The van der Waals surface area contributed by atoms with E-state index in [4.69, 9.17) is 9.72 Å². The third kappa shape index (κ3) is 4.46. The van der Waals surface area contributed by atoms with Crippen LogP contribution in [0, 0.1) is 10.5 Å². The average Bonchev–Trinajstić information content (AvgIpc) is 3.27. The summed E-state index contributed by atoms with van der Waals surface area (Å²) in [7, 11) is 0. The van der Waals surface area contributed by atoms with Gasteiger partial charge in [0.1, 0.15) is 16.4 Å². The smallest absolute Gasteiger partial charge is 0.421 e. The maximum Gasteiger partial charge on any atom is 0.421 e. The van der Waals surface area contributed by atoms with E-state index >= 15 is 0 Å². The number of fused-ring (bicyclic) bond motifs is 1. The summed E-state index contributed by atoms with van der Waals surface area (Å²) in [4.78, 5) is 19.8. The molecule has 1 fully saturated rings. The van der Waals surface area contributed by atoms with Gasteiger partial charge >= 0.3 is 6.09 Å². The van der Waals surface area contributed by atoms with Crippen molar-refractivity contribution in [2.45, 2.75) is 71.3 Å². The zero-order valence-corrected chi connectivity index (χ0v) is 20.7. The number of anilines is 2. The summed E-state index contributed by atoms with van der Waals surface area (Å²) in [6, 6.07) is 3.90. The summed E-state index contributed by atoms with van der Waals surface area (Å²) in [6.07, 6.45) is 7.29. The molecule has 1 aliphatic carbocycles. The highest BCUT2D eigenvalue weighted by Gasteiger charge is 2.30. The Bertz CT molecular complexity index is 1070. The van der Waals surface area contributed by atoms with Crippen molar-refractivity contribution in [1.29, 1.82) is 0 Å². The lowest BCUT2D eigenvalue weighted by Gasteiger charge is -2.27. The maximum atomic E-state index is 13.3. The molecular weight excluding hydrogens is 513 g/mol. The van der Waals surface area contributed by atoms with E-state index in [1.54, 1.807) is 15.6 Å². The molecule has 0 aromatic carbocycles. The van der Waals surface area contributed by atoms with Crippen LogP contribution in [-0.4, -0.2) is 30.7 Å². The number of hydrogen-bond donors (Lipinski definition) is 0. The van der Waals surface area contributed by atoms with Crippen LogP contribution in [0.3, 0.4) is 0 Å². The van der Waals surface area contributed by atoms with Gasteiger partial charge in [-0.05, 0) is 80.7 Å². The van der Waals surface area contributed by atoms with Gasteiger partial charge in [-0.25, -0.2) is 14.7 Å². The van der Waals surface area contributed by atoms with E-state index in [0.717, 1.165) is 33.4 Å². The second-order valence-corrected chi connectivity index (χ2v) is 10.7. The molecular formula is C21H26IN5O2S. The second kappa shape index (κ2) is 8.41. The zero-order valence-electron chi connectivity index (χ0n) is 17.7. The van der Waals surface area contributed by atoms with E-state index in [1.165, 1.54) is 30.8 Å². The van der Waals surface area contributed by atoms with E-state index in [1.807, 2.05) is 39.8 Å². The number of carbonyl (C=O) groups is 1. The van der Waals surface area contributed by atoms with E-state index < -0.39 is 11.7 Å². The second-order valence-electron chi connectivity index (χ2n) is 8.72. The fourth-order valence-corrected chi connectivity index (χ4v) is 5.00. The molecule has 30 heavy (non-hydrogen) atoms. The molecule has 4 rings (SSSR count). The first-order valence-corrected chi connectivity index (χ1v) is 12.1. The van der Waals surface area contributed by atoms with Gasteiger partial charge in [0.25, 0.3) is 0 Å². The van der Waals surface area contributed by atoms with Crippen LogP contribution in [0.15, 0.2) is 18.3 Å². The minimum Gasteiger partial charge on any atom is -0.443 e. The van der Waals surface area contributed by atoms with Crippen LogP contribution in [-0.2, 0) is 4.74 Å². The van der Waals surface area contributed by atoms with Crippen LogP contribution < -0.4 is 4.90 Å². The molecule has 0 radical (unpaired) electrons. The Labute approximate surface area is 194 Å². The number of carbonyl (C=O) groups excluding carboxylic acids is 1. The van der Waals surface area contributed by atoms with Crippen molar-refractivity contribution >= 4 is 56.7 Å². The van der Waals surface area contributed by atoms with Gasteiger partial charge in [-0.15, -0.1) is 0 Å². The van der Waals surface area contributed by atoms with Gasteiger partial charge in [0.15, 0.2) is 5.65 Å². The first-order chi connectivity index (χ1) is 14.2. The Morgan fingerprint density at radius 1 is 1.27 bits per heavy atom. The SMILES string of the molecule is Cc1cc(N(C(=O)OC(C)(C)C)c2cc(C3CCCCC3)nc3c(I)cnn23)sn1. The van der Waals surface area contributed by atoms with Crippen molar-refractivity contribution in [3.63, 3.8) is 0 Å². The van der Waals surface area contributed by atoms with Crippen LogP contribution in [0.1, 0.15) is 70.2 Å². The third-order valence-corrected chi connectivity index (χ3v) is 6.72. The van der Waals surface area contributed by atoms with Crippen molar-refractivity contribution < 1.29 is 9.53 Å². The van der Waals surface area contributed by atoms with E-state index in [0.29, 0.717) is 16.7 Å². The molecule has 0 N–H and O–H groups in total. The molecule has 0 spiro atoms. The Hall–Kier alpha value is -1.75. The molecule has 0 bridgehead atoms. The summed E-state index contributed by atoms with van der Waals surface area (Å²) >= 11 is 3.52. The number of aromatic nitrogens is 4. The van der Waals surface area contributed by atoms with Crippen LogP contribution in [0.4, 0.5) is 15.6 Å². The van der Waals surface area contributed by atoms with Crippen molar-refractivity contribution in [2.24, 2.45) is 0 Å². The fraction of sp³-hybridized carbons (Fsp3) is 0.524. The predicted molar refractivity (Wildman–Crippen MR) is 127 cm³/mol. The molecule has 3 aromatic rings. The molecule has 1 amide bonds. The molecule has 3 heterocycles. The highest BCUT2D eigenvalue weighted by molar-refractivity contribution is 14.1. The summed E-state index contributed by atoms with van der Waals surface area (Å²) < 4.78 is 12.8. The molecule has 1 aliphatic rings. The van der Waals surface area contributed by atoms with E-state index in [9.17, 15) is 4.79 Å². The number of amides is 1. The van der Waals surface area contributed by atoms with Crippen LogP contribution in [0.2, 0.25) is 0 Å². The monoisotopic (exact) mass is 539 g/mol. The predicted octanol–water partition coefficient (Wildman–Crippen LogP) is 6.22. The quantitative estimate of drug-likeness (QED) is 0.370. The van der Waals surface area contributed by atoms with E-state index in [2.05, 4.69) is 32.1 Å². The summed E-state index contributed by atoms with van der Waals surface area (Å²) in [6.45, 7) is 7.52. The summed E-state index contributed by atoms with van der Waals surface area (Å²) in [5.74, 6) is 1.04. The van der Waals surface area contributed by atoms with Crippen LogP contribution in [0.5, 0.6) is 0 Å². The van der Waals surface area contributed by atoms with Gasteiger partial charge in [-0.2, -0.15) is 14.0 Å². The summed E-state index contributed by atoms with van der Waals surface area (Å²) in [5, 5.41) is 5.22. The topological polar surface area (TPSA) is 72.6 Å². The van der Waals surface area contributed by atoms with E-state index in [-0.39, 0.29) is 0 Å². The molecule has 0 aliphatic heterocycles. The van der Waals surface area contributed by atoms with Crippen LogP contribution >= 0.6 is 34.1 Å². The van der Waals surface area contributed by atoms with Crippen LogP contribution in [0.25, 0.3) is 5.65 Å². The first-order valence-electron chi connectivity index (χ1n) is 10.2. The fourth-order valence-electron chi connectivity index (χ4n) is 3.76. The maximum absolute atomic E-state index is 13.3. The Morgan fingerprint density at radius 3 is 2.63 bits per heavy atom. The number of rotatable bonds is 3. The van der Waals surface area contributed by atoms with Gasteiger partial charge in [-0.3, -0.25) is 0 Å². The van der Waals surface area contributed by atoms with Crippen molar-refractivity contribution in [2.75, 3.05) is 4.90 Å². The zero-order chi connectivity index (χ0) is 21.5. The number of ether oxygens (including phenoxy) is 1. The number of hydrogen-bond acceptors (Lipinski definition) is 6. The highest BCUT2D eigenvalue weighted by Crippen LogP contribution is 2.37. The molecule has 3 aromatic heterocycles. The molecule has 1 saturated carbocycles. The molecule has 160 valence electrons. The van der Waals surface area contributed by atoms with Gasteiger partial charge in [0.2, 0.25) is 0 Å². The molecule has 7 nitrogen and oxygen atoms in total. The Kier molecular flexibility index (Phi) is 6.02. The van der Waals surface area contributed by atoms with Crippen molar-refractivity contribution in [1.82, 2.24) is 19.0 Å². The molecule has 9 heteroatoms. The largest absolute Gasteiger partial charge is 0.443 e. The van der Waals surface area contributed by atoms with Gasteiger partial charge < -0.3 is 4.74 Å². The molecule has 0 saturated heterocycles. The Balaban J connectivity index is 1.88. The average molecular weight is 539 g/mol. The minimum atomic E-state index is -0.619. The summed E-state index contributed by atoms with van der Waals surface area (Å²) in [5.41, 5.74) is 2.02. The van der Waals surface area contributed by atoms with Gasteiger partial charge in [0, 0.05) is 17.7 Å². The first kappa shape index (κ1) is 21.5. The minimum absolute atomic E-state index is 0.400. The van der Waals surface area contributed by atoms with Crippen molar-refractivity contribution in [3.05, 3.63) is 33.3 Å². The molecule has 0 unspecified atom stereocenters. The standard InChI is InChI=1S/C21H26IN5O2S/c1-13-10-18(30-25-13)26(20(28)29-21(2,3)4)17-11-16(14-8-6-5-7-9-14)24-19-15(22)12-23-27(17)19/h10-12,14H,5-9H2,1-4H3. The van der Waals surface area contributed by atoms with Gasteiger partial charge in [-0.1, -0.05) is 19.3 Å². The number of aryl methyl sites for hydroxylation is 1. The lowest BCUT2D eigenvalue weighted by Crippen LogP contribution is -2.34. The normalized spacial score (nSPS) is 15.5.